The van der Waals surface area contributed by atoms with Crippen LogP contribution in [0.1, 0.15) is 38.0 Å². The first-order valence-electron chi connectivity index (χ1n) is 7.71. The summed E-state index contributed by atoms with van der Waals surface area (Å²) in [5.41, 5.74) is 0.831. The van der Waals surface area contributed by atoms with Gasteiger partial charge in [0.15, 0.2) is 5.58 Å². The molecule has 0 aliphatic heterocycles. The van der Waals surface area contributed by atoms with Crippen molar-refractivity contribution < 1.29 is 4.42 Å². The van der Waals surface area contributed by atoms with Gasteiger partial charge in [-0.3, -0.25) is 0 Å². The number of hydrogen-bond donors (Lipinski definition) is 1. The molecule has 2 nitrogen and oxygen atoms in total. The van der Waals surface area contributed by atoms with Gasteiger partial charge in [0.1, 0.15) is 5.76 Å². The van der Waals surface area contributed by atoms with Gasteiger partial charge >= 0.3 is 0 Å². The molecule has 1 N–H and O–H groups in total. The van der Waals surface area contributed by atoms with E-state index in [9.17, 15) is 0 Å². The Morgan fingerprint density at radius 3 is 2.85 bits per heavy atom. The summed E-state index contributed by atoms with van der Waals surface area (Å²) < 4.78 is 6.09. The van der Waals surface area contributed by atoms with Gasteiger partial charge in [-0.1, -0.05) is 37.1 Å². The first kappa shape index (κ1) is 12.7. The fourth-order valence-corrected chi connectivity index (χ4v) is 4.44. The van der Waals surface area contributed by atoms with E-state index in [1.807, 2.05) is 12.1 Å². The number of halogens is 1. The molecular weight excluding hydrogens is 270 g/mol. The minimum Gasteiger partial charge on any atom is -0.458 e. The van der Waals surface area contributed by atoms with Crippen molar-refractivity contribution in [3.63, 3.8) is 0 Å². The molecule has 3 unspecified atom stereocenters. The molecule has 1 aromatic carbocycles. The maximum atomic E-state index is 6.23. The van der Waals surface area contributed by atoms with Crippen molar-refractivity contribution in [1.82, 2.24) is 5.32 Å². The Labute approximate surface area is 124 Å². The second kappa shape index (κ2) is 4.78. The van der Waals surface area contributed by atoms with E-state index in [0.29, 0.717) is 11.1 Å². The summed E-state index contributed by atoms with van der Waals surface area (Å²) in [6, 6.07) is 8.48. The normalized spacial score (nSPS) is 29.6. The van der Waals surface area contributed by atoms with Crippen LogP contribution in [-0.2, 0) is 0 Å². The van der Waals surface area contributed by atoms with Crippen LogP contribution >= 0.6 is 11.6 Å². The molecule has 20 heavy (non-hydrogen) atoms. The first-order chi connectivity index (χ1) is 9.79. The average Bonchev–Trinajstić information content (AvgIpc) is 2.85. The Hall–Kier alpha value is -0.990. The molecule has 4 rings (SSSR count). The molecule has 0 amide bonds. The van der Waals surface area contributed by atoms with Crippen LogP contribution in [0.25, 0.3) is 11.0 Å². The van der Waals surface area contributed by atoms with Gasteiger partial charge in [-0.05, 0) is 49.3 Å². The zero-order valence-electron chi connectivity index (χ0n) is 11.7. The number of nitrogens with one attached hydrogen (secondary N) is 1. The van der Waals surface area contributed by atoms with E-state index in [2.05, 4.69) is 24.4 Å². The molecule has 3 atom stereocenters. The van der Waals surface area contributed by atoms with Crippen LogP contribution in [0.2, 0.25) is 5.02 Å². The van der Waals surface area contributed by atoms with Crippen molar-refractivity contribution in [2.45, 2.75) is 32.2 Å². The second-order valence-corrected chi connectivity index (χ2v) is 6.59. The Morgan fingerprint density at radius 1 is 1.35 bits per heavy atom. The Balaban J connectivity index is 1.69. The van der Waals surface area contributed by atoms with E-state index in [1.54, 1.807) is 0 Å². The lowest BCUT2D eigenvalue weighted by molar-refractivity contribution is 0.364. The Bertz CT molecular complexity index is 625. The molecule has 0 saturated heterocycles. The third-order valence-electron chi connectivity index (χ3n) is 5.10. The number of rotatable bonds is 4. The lowest BCUT2D eigenvalue weighted by Crippen LogP contribution is -2.24. The molecular formula is C17H20ClNO. The van der Waals surface area contributed by atoms with Gasteiger partial charge in [-0.15, -0.1) is 0 Å². The van der Waals surface area contributed by atoms with Crippen LogP contribution in [0.4, 0.5) is 0 Å². The van der Waals surface area contributed by atoms with Gasteiger partial charge in [-0.2, -0.15) is 0 Å². The Morgan fingerprint density at radius 2 is 2.15 bits per heavy atom. The zero-order chi connectivity index (χ0) is 13.7. The van der Waals surface area contributed by atoms with Crippen LogP contribution in [0.3, 0.4) is 0 Å². The molecule has 2 saturated carbocycles. The van der Waals surface area contributed by atoms with E-state index in [0.717, 1.165) is 41.0 Å². The number of benzene rings is 1. The van der Waals surface area contributed by atoms with Crippen molar-refractivity contribution in [1.29, 1.82) is 0 Å². The number of furan rings is 1. The van der Waals surface area contributed by atoms with E-state index in [1.165, 1.54) is 19.3 Å². The van der Waals surface area contributed by atoms with E-state index in [4.69, 9.17) is 16.0 Å². The molecule has 0 bridgehead atoms. The maximum Gasteiger partial charge on any atom is 0.152 e. The van der Waals surface area contributed by atoms with Gasteiger partial charge < -0.3 is 9.73 Å². The van der Waals surface area contributed by atoms with Crippen LogP contribution in [-0.4, -0.2) is 6.54 Å². The third kappa shape index (κ3) is 1.89. The van der Waals surface area contributed by atoms with Gasteiger partial charge in [0, 0.05) is 5.39 Å². The first-order valence-corrected chi connectivity index (χ1v) is 8.08. The lowest BCUT2D eigenvalue weighted by atomic mass is 10.0. The molecule has 2 aromatic rings. The van der Waals surface area contributed by atoms with Gasteiger partial charge in [-0.25, -0.2) is 0 Å². The van der Waals surface area contributed by atoms with E-state index < -0.39 is 0 Å². The van der Waals surface area contributed by atoms with Gasteiger partial charge in [0.05, 0.1) is 11.1 Å². The quantitative estimate of drug-likeness (QED) is 0.876. The highest BCUT2D eigenvalue weighted by Gasteiger charge is 2.56. The number of fused-ring (bicyclic) bond motifs is 2. The molecule has 1 aromatic heterocycles. The molecule has 3 heteroatoms. The van der Waals surface area contributed by atoms with Crippen LogP contribution in [0.15, 0.2) is 28.7 Å². The smallest absolute Gasteiger partial charge is 0.152 e. The van der Waals surface area contributed by atoms with Crippen molar-refractivity contribution in [2.75, 3.05) is 6.54 Å². The molecule has 2 aliphatic rings. The van der Waals surface area contributed by atoms with Crippen molar-refractivity contribution in [2.24, 2.45) is 17.8 Å². The number of hydrogen-bond acceptors (Lipinski definition) is 2. The highest BCUT2D eigenvalue weighted by molar-refractivity contribution is 6.34. The summed E-state index contributed by atoms with van der Waals surface area (Å²) in [7, 11) is 0. The third-order valence-corrected chi connectivity index (χ3v) is 5.40. The summed E-state index contributed by atoms with van der Waals surface area (Å²) in [6.07, 6.45) is 4.22. The fraction of sp³-hybridized carbons (Fsp3) is 0.529. The molecule has 0 radical (unpaired) electrons. The summed E-state index contributed by atoms with van der Waals surface area (Å²) in [6.45, 7) is 3.15. The van der Waals surface area contributed by atoms with Crippen LogP contribution in [0, 0.1) is 17.8 Å². The van der Waals surface area contributed by atoms with Crippen molar-refractivity contribution in [3.05, 3.63) is 35.0 Å². The summed E-state index contributed by atoms with van der Waals surface area (Å²) in [5, 5.41) is 5.45. The molecule has 106 valence electrons. The Kier molecular flexibility index (Phi) is 3.04. The van der Waals surface area contributed by atoms with Gasteiger partial charge in [0.2, 0.25) is 0 Å². The van der Waals surface area contributed by atoms with E-state index >= 15 is 0 Å². The molecule has 1 heterocycles. The molecule has 2 fully saturated rings. The SMILES string of the molecule is CCNC(c1cc2cccc(Cl)c2o1)C1C2CCCC21. The number of para-hydroxylation sites is 1. The zero-order valence-corrected chi connectivity index (χ0v) is 12.5. The molecule has 0 spiro atoms. The van der Waals surface area contributed by atoms with E-state index in [-0.39, 0.29) is 0 Å². The predicted molar refractivity (Wildman–Crippen MR) is 82.0 cm³/mol. The lowest BCUT2D eigenvalue weighted by Gasteiger charge is -2.17. The molecule has 2 aliphatic carbocycles. The standard InChI is InChI=1S/C17H20ClNO/c1-2-19-16(15-11-6-4-7-12(11)15)14-9-10-5-3-8-13(18)17(10)20-14/h3,5,8-9,11-12,15-16,19H,2,4,6-7H2,1H3. The largest absolute Gasteiger partial charge is 0.458 e. The average molecular weight is 290 g/mol. The topological polar surface area (TPSA) is 25.2 Å². The highest BCUT2D eigenvalue weighted by Crippen LogP contribution is 2.62. The van der Waals surface area contributed by atoms with Crippen molar-refractivity contribution >= 4 is 22.6 Å². The maximum absolute atomic E-state index is 6.23. The van der Waals surface area contributed by atoms with Crippen LogP contribution in [0.5, 0.6) is 0 Å². The summed E-state index contributed by atoms with van der Waals surface area (Å²) in [5.74, 6) is 3.67. The highest BCUT2D eigenvalue weighted by atomic mass is 35.5. The summed E-state index contributed by atoms with van der Waals surface area (Å²) in [4.78, 5) is 0. The minimum atomic E-state index is 0.360. The predicted octanol–water partition coefficient (Wildman–Crippen LogP) is 4.78. The van der Waals surface area contributed by atoms with Crippen LogP contribution < -0.4 is 5.32 Å². The van der Waals surface area contributed by atoms with Gasteiger partial charge in [0.25, 0.3) is 0 Å². The second-order valence-electron chi connectivity index (χ2n) is 6.18. The minimum absolute atomic E-state index is 0.360. The monoisotopic (exact) mass is 289 g/mol. The van der Waals surface area contributed by atoms with Crippen molar-refractivity contribution in [3.8, 4) is 0 Å². The fourth-order valence-electron chi connectivity index (χ4n) is 4.22. The summed E-state index contributed by atoms with van der Waals surface area (Å²) >= 11 is 6.23.